The standard InChI is InChI=1S/C11H8FN5O/c12-11-9(2-1-3-14-11)10-6-17(16-15-10)5-8-4-13-7-18-8/h1-4,6-7H,5H2. The second kappa shape index (κ2) is 4.36. The molecular weight excluding hydrogens is 237 g/mol. The van der Waals surface area contributed by atoms with E-state index in [2.05, 4.69) is 20.3 Å². The Hall–Kier alpha value is -2.57. The number of hydrogen-bond acceptors (Lipinski definition) is 5. The summed E-state index contributed by atoms with van der Waals surface area (Å²) in [6, 6.07) is 3.25. The van der Waals surface area contributed by atoms with Gasteiger partial charge in [-0.15, -0.1) is 5.10 Å². The molecule has 0 aliphatic rings. The van der Waals surface area contributed by atoms with E-state index in [1.807, 2.05) is 0 Å². The maximum Gasteiger partial charge on any atom is 0.222 e. The van der Waals surface area contributed by atoms with Gasteiger partial charge >= 0.3 is 0 Å². The first-order valence-electron chi connectivity index (χ1n) is 5.21. The molecule has 0 radical (unpaired) electrons. The van der Waals surface area contributed by atoms with E-state index in [-0.39, 0.29) is 0 Å². The van der Waals surface area contributed by atoms with Gasteiger partial charge in [-0.1, -0.05) is 5.21 Å². The fraction of sp³-hybridized carbons (Fsp3) is 0.0909. The van der Waals surface area contributed by atoms with Crippen LogP contribution in [-0.4, -0.2) is 25.0 Å². The summed E-state index contributed by atoms with van der Waals surface area (Å²) in [4.78, 5) is 7.37. The van der Waals surface area contributed by atoms with Crippen LogP contribution in [0.1, 0.15) is 5.76 Å². The molecule has 0 aliphatic heterocycles. The van der Waals surface area contributed by atoms with Crippen LogP contribution in [-0.2, 0) is 6.54 Å². The van der Waals surface area contributed by atoms with Gasteiger partial charge in [0.15, 0.2) is 6.39 Å². The number of nitrogens with zero attached hydrogens (tertiary/aromatic N) is 5. The van der Waals surface area contributed by atoms with E-state index in [0.717, 1.165) is 0 Å². The molecule has 0 saturated heterocycles. The van der Waals surface area contributed by atoms with E-state index in [4.69, 9.17) is 4.42 Å². The molecular formula is C11H8FN5O. The van der Waals surface area contributed by atoms with Crippen molar-refractivity contribution >= 4 is 0 Å². The highest BCUT2D eigenvalue weighted by atomic mass is 19.1. The normalized spacial score (nSPS) is 10.7. The lowest BCUT2D eigenvalue weighted by molar-refractivity contribution is 0.471. The van der Waals surface area contributed by atoms with Crippen molar-refractivity contribution in [2.75, 3.05) is 0 Å². The number of oxazole rings is 1. The zero-order valence-electron chi connectivity index (χ0n) is 9.19. The van der Waals surface area contributed by atoms with E-state index >= 15 is 0 Å². The SMILES string of the molecule is Fc1ncccc1-c1cn(Cc2cnco2)nn1. The number of aromatic nitrogens is 5. The Balaban J connectivity index is 1.88. The van der Waals surface area contributed by atoms with E-state index < -0.39 is 5.95 Å². The zero-order chi connectivity index (χ0) is 12.4. The lowest BCUT2D eigenvalue weighted by Crippen LogP contribution is -1.98. The maximum absolute atomic E-state index is 13.4. The predicted octanol–water partition coefficient (Wildman–Crippen LogP) is 1.52. The highest BCUT2D eigenvalue weighted by Crippen LogP contribution is 2.18. The Bertz CT molecular complexity index is 649. The van der Waals surface area contributed by atoms with Crippen molar-refractivity contribution in [2.24, 2.45) is 0 Å². The fourth-order valence-electron chi connectivity index (χ4n) is 1.56. The number of rotatable bonds is 3. The molecule has 3 rings (SSSR count). The largest absolute Gasteiger partial charge is 0.447 e. The Morgan fingerprint density at radius 3 is 3.11 bits per heavy atom. The number of pyridine rings is 1. The van der Waals surface area contributed by atoms with Crippen LogP contribution in [0, 0.1) is 5.95 Å². The maximum atomic E-state index is 13.4. The molecule has 18 heavy (non-hydrogen) atoms. The van der Waals surface area contributed by atoms with Gasteiger partial charge in [0.1, 0.15) is 18.0 Å². The van der Waals surface area contributed by atoms with Gasteiger partial charge in [-0.2, -0.15) is 4.39 Å². The van der Waals surface area contributed by atoms with E-state index in [1.165, 1.54) is 12.6 Å². The third-order valence-corrected chi connectivity index (χ3v) is 2.37. The molecule has 90 valence electrons. The quantitative estimate of drug-likeness (QED) is 0.654. The lowest BCUT2D eigenvalue weighted by Gasteiger charge is -1.96. The monoisotopic (exact) mass is 245 g/mol. The van der Waals surface area contributed by atoms with Crippen LogP contribution in [0.4, 0.5) is 4.39 Å². The molecule has 0 atom stereocenters. The third kappa shape index (κ3) is 1.97. The minimum Gasteiger partial charge on any atom is -0.447 e. The second-order valence-corrected chi connectivity index (χ2v) is 3.61. The summed E-state index contributed by atoms with van der Waals surface area (Å²) >= 11 is 0. The summed E-state index contributed by atoms with van der Waals surface area (Å²) in [6.07, 6.45) is 5.94. The van der Waals surface area contributed by atoms with Gasteiger partial charge in [0.25, 0.3) is 0 Å². The molecule has 3 heterocycles. The van der Waals surface area contributed by atoms with E-state index in [9.17, 15) is 4.39 Å². The first kappa shape index (κ1) is 10.6. The van der Waals surface area contributed by atoms with Crippen LogP contribution >= 0.6 is 0 Å². The van der Waals surface area contributed by atoms with Gasteiger partial charge in [-0.25, -0.2) is 14.6 Å². The Morgan fingerprint density at radius 2 is 2.33 bits per heavy atom. The van der Waals surface area contributed by atoms with Crippen molar-refractivity contribution in [1.82, 2.24) is 25.0 Å². The topological polar surface area (TPSA) is 69.6 Å². The van der Waals surface area contributed by atoms with E-state index in [1.54, 1.807) is 29.2 Å². The molecule has 6 nitrogen and oxygen atoms in total. The molecule has 0 bridgehead atoms. The highest BCUT2D eigenvalue weighted by Gasteiger charge is 2.10. The molecule has 0 aromatic carbocycles. The van der Waals surface area contributed by atoms with Gasteiger partial charge in [0.2, 0.25) is 5.95 Å². The molecule has 0 aliphatic carbocycles. The highest BCUT2D eigenvalue weighted by molar-refractivity contribution is 5.56. The first-order valence-corrected chi connectivity index (χ1v) is 5.21. The molecule has 3 aromatic rings. The van der Waals surface area contributed by atoms with Crippen LogP contribution in [0.3, 0.4) is 0 Å². The van der Waals surface area contributed by atoms with Crippen molar-refractivity contribution in [3.05, 3.63) is 48.8 Å². The Kier molecular flexibility index (Phi) is 2.56. The third-order valence-electron chi connectivity index (χ3n) is 2.37. The molecule has 0 spiro atoms. The molecule has 3 aromatic heterocycles. The molecule has 0 N–H and O–H groups in total. The molecule has 0 amide bonds. The van der Waals surface area contributed by atoms with E-state index in [0.29, 0.717) is 23.6 Å². The first-order chi connectivity index (χ1) is 8.83. The summed E-state index contributed by atoms with van der Waals surface area (Å²) in [5, 5.41) is 7.79. The molecule has 7 heteroatoms. The van der Waals surface area contributed by atoms with Gasteiger partial charge in [0.05, 0.1) is 18.0 Å². The van der Waals surface area contributed by atoms with Crippen molar-refractivity contribution in [3.8, 4) is 11.3 Å². The van der Waals surface area contributed by atoms with Crippen LogP contribution in [0.5, 0.6) is 0 Å². The minimum absolute atomic E-state index is 0.321. The average molecular weight is 245 g/mol. The van der Waals surface area contributed by atoms with Crippen molar-refractivity contribution in [3.63, 3.8) is 0 Å². The van der Waals surface area contributed by atoms with Crippen molar-refractivity contribution in [1.29, 1.82) is 0 Å². The minimum atomic E-state index is -0.566. The van der Waals surface area contributed by atoms with Gasteiger partial charge < -0.3 is 4.42 Å². The summed E-state index contributed by atoms with van der Waals surface area (Å²) < 4.78 is 20.1. The molecule has 0 unspecified atom stereocenters. The van der Waals surface area contributed by atoms with Crippen LogP contribution in [0.15, 0.2) is 41.5 Å². The Morgan fingerprint density at radius 1 is 1.39 bits per heavy atom. The zero-order valence-corrected chi connectivity index (χ0v) is 9.19. The average Bonchev–Trinajstić information content (AvgIpc) is 3.02. The van der Waals surface area contributed by atoms with Crippen LogP contribution < -0.4 is 0 Å². The summed E-state index contributed by atoms with van der Waals surface area (Å²) in [5.41, 5.74) is 0.751. The predicted molar refractivity (Wildman–Crippen MR) is 58.8 cm³/mol. The van der Waals surface area contributed by atoms with Crippen LogP contribution in [0.2, 0.25) is 0 Å². The molecule has 0 fully saturated rings. The van der Waals surface area contributed by atoms with Gasteiger partial charge in [-0.05, 0) is 12.1 Å². The number of hydrogen-bond donors (Lipinski definition) is 0. The number of halogens is 1. The Labute approximate surface area is 101 Å². The summed E-state index contributed by atoms with van der Waals surface area (Å²) in [6.45, 7) is 0.398. The van der Waals surface area contributed by atoms with Gasteiger partial charge in [-0.3, -0.25) is 0 Å². The summed E-state index contributed by atoms with van der Waals surface area (Å²) in [7, 11) is 0. The smallest absolute Gasteiger partial charge is 0.222 e. The lowest BCUT2D eigenvalue weighted by atomic mass is 10.2. The molecule has 0 saturated carbocycles. The van der Waals surface area contributed by atoms with Gasteiger partial charge in [0, 0.05) is 6.20 Å². The van der Waals surface area contributed by atoms with Crippen molar-refractivity contribution < 1.29 is 8.81 Å². The van der Waals surface area contributed by atoms with Crippen LogP contribution in [0.25, 0.3) is 11.3 Å². The fourth-order valence-corrected chi connectivity index (χ4v) is 1.56. The summed E-state index contributed by atoms with van der Waals surface area (Å²) in [5.74, 6) is 0.0855. The van der Waals surface area contributed by atoms with Crippen molar-refractivity contribution in [2.45, 2.75) is 6.54 Å². The second-order valence-electron chi connectivity index (χ2n) is 3.61.